The number of halogens is 3. The van der Waals surface area contributed by atoms with Crippen molar-refractivity contribution in [3.8, 4) is 5.75 Å². The number of aldehydes is 1. The van der Waals surface area contributed by atoms with Gasteiger partial charge in [-0.15, -0.1) is 0 Å². The molecule has 0 fully saturated rings. The second kappa shape index (κ2) is 5.56. The maximum Gasteiger partial charge on any atom is 0.416 e. The zero-order valence-corrected chi connectivity index (χ0v) is 9.17. The summed E-state index contributed by atoms with van der Waals surface area (Å²) in [5.41, 5.74) is -0.504. The average Bonchev–Trinajstić information content (AvgIpc) is 2.28. The molecule has 94 valence electrons. The number of benzene rings is 1. The van der Waals surface area contributed by atoms with Gasteiger partial charge in [0.2, 0.25) is 0 Å². The lowest BCUT2D eigenvalue weighted by Crippen LogP contribution is -2.07. The number of ether oxygens (including phenoxy) is 1. The van der Waals surface area contributed by atoms with Crippen LogP contribution in [0.15, 0.2) is 18.2 Å². The minimum Gasteiger partial charge on any atom is -0.491 e. The number of carbonyl (C=O) groups is 1. The first-order valence-corrected chi connectivity index (χ1v) is 4.94. The fraction of sp³-hybridized carbons (Fsp3) is 0.364. The predicted octanol–water partition coefficient (Wildman–Crippen LogP) is 2.71. The SMILES string of the molecule is CNc1cc(C(F)(F)F)ccc1OCCC=O. The molecule has 0 aliphatic heterocycles. The Morgan fingerprint density at radius 3 is 2.65 bits per heavy atom. The summed E-state index contributed by atoms with van der Waals surface area (Å²) in [6, 6.07) is 3.15. The molecule has 6 heteroatoms. The van der Waals surface area contributed by atoms with Gasteiger partial charge in [-0.05, 0) is 18.2 Å². The molecule has 0 unspecified atom stereocenters. The second-order valence-electron chi connectivity index (χ2n) is 3.26. The molecule has 0 aliphatic carbocycles. The zero-order chi connectivity index (χ0) is 12.9. The Bertz CT molecular complexity index is 391. The quantitative estimate of drug-likeness (QED) is 0.642. The molecule has 0 atom stereocenters. The van der Waals surface area contributed by atoms with E-state index in [0.717, 1.165) is 12.1 Å². The Balaban J connectivity index is 2.89. The molecule has 0 amide bonds. The highest BCUT2D eigenvalue weighted by atomic mass is 19.4. The first-order chi connectivity index (χ1) is 7.99. The van der Waals surface area contributed by atoms with Crippen molar-refractivity contribution < 1.29 is 22.7 Å². The third kappa shape index (κ3) is 3.65. The first kappa shape index (κ1) is 13.3. The van der Waals surface area contributed by atoms with Crippen LogP contribution in [0.5, 0.6) is 5.75 Å². The summed E-state index contributed by atoms with van der Waals surface area (Å²) in [5.74, 6) is 0.294. The van der Waals surface area contributed by atoms with Gasteiger partial charge in [0.05, 0.1) is 17.9 Å². The van der Waals surface area contributed by atoms with Gasteiger partial charge in [0.1, 0.15) is 12.0 Å². The normalized spacial score (nSPS) is 11.1. The molecule has 0 aromatic heterocycles. The van der Waals surface area contributed by atoms with Crippen LogP contribution in [0.25, 0.3) is 0 Å². The van der Waals surface area contributed by atoms with Crippen molar-refractivity contribution in [2.45, 2.75) is 12.6 Å². The van der Waals surface area contributed by atoms with Gasteiger partial charge < -0.3 is 14.8 Å². The summed E-state index contributed by atoms with van der Waals surface area (Å²) in [5, 5.41) is 2.62. The van der Waals surface area contributed by atoms with Crippen molar-refractivity contribution in [2.24, 2.45) is 0 Å². The van der Waals surface area contributed by atoms with Gasteiger partial charge in [0.15, 0.2) is 0 Å². The van der Waals surface area contributed by atoms with Gasteiger partial charge in [-0.3, -0.25) is 0 Å². The van der Waals surface area contributed by atoms with E-state index >= 15 is 0 Å². The molecule has 0 aliphatic rings. The number of alkyl halides is 3. The molecule has 0 bridgehead atoms. The van der Waals surface area contributed by atoms with Crippen molar-refractivity contribution >= 4 is 12.0 Å². The van der Waals surface area contributed by atoms with E-state index in [2.05, 4.69) is 5.32 Å². The van der Waals surface area contributed by atoms with E-state index in [1.165, 1.54) is 13.1 Å². The number of anilines is 1. The maximum absolute atomic E-state index is 12.4. The van der Waals surface area contributed by atoms with E-state index in [-0.39, 0.29) is 18.7 Å². The summed E-state index contributed by atoms with van der Waals surface area (Å²) < 4.78 is 42.5. The first-order valence-electron chi connectivity index (χ1n) is 4.94. The standard InChI is InChI=1S/C11H12F3NO2/c1-15-9-7-8(11(12,13)14)3-4-10(9)17-6-2-5-16/h3-5,7,15H,2,6H2,1H3. The minimum atomic E-state index is -4.38. The Morgan fingerprint density at radius 1 is 1.41 bits per heavy atom. The number of hydrogen-bond donors (Lipinski definition) is 1. The Morgan fingerprint density at radius 2 is 2.12 bits per heavy atom. The molecule has 1 aromatic carbocycles. The van der Waals surface area contributed by atoms with Crippen LogP contribution in [0.1, 0.15) is 12.0 Å². The topological polar surface area (TPSA) is 38.3 Å². The molecule has 17 heavy (non-hydrogen) atoms. The summed E-state index contributed by atoms with van der Waals surface area (Å²) >= 11 is 0. The average molecular weight is 247 g/mol. The fourth-order valence-electron chi connectivity index (χ4n) is 1.24. The van der Waals surface area contributed by atoms with E-state index < -0.39 is 11.7 Å². The minimum absolute atomic E-state index is 0.142. The summed E-state index contributed by atoms with van der Waals surface area (Å²) in [4.78, 5) is 10.1. The van der Waals surface area contributed by atoms with Crippen LogP contribution in [0.4, 0.5) is 18.9 Å². The van der Waals surface area contributed by atoms with Crippen LogP contribution >= 0.6 is 0 Å². The van der Waals surface area contributed by atoms with E-state index in [0.29, 0.717) is 12.0 Å². The maximum atomic E-state index is 12.4. The molecule has 0 heterocycles. The van der Waals surface area contributed by atoms with Crippen molar-refractivity contribution in [3.05, 3.63) is 23.8 Å². The molecule has 1 aromatic rings. The third-order valence-electron chi connectivity index (χ3n) is 2.07. The monoisotopic (exact) mass is 247 g/mol. The number of nitrogens with one attached hydrogen (secondary N) is 1. The van der Waals surface area contributed by atoms with Gasteiger partial charge in [-0.1, -0.05) is 0 Å². The van der Waals surface area contributed by atoms with Gasteiger partial charge in [-0.25, -0.2) is 0 Å². The predicted molar refractivity (Wildman–Crippen MR) is 57.2 cm³/mol. The molecule has 1 N–H and O–H groups in total. The van der Waals surface area contributed by atoms with Crippen LogP contribution in [-0.4, -0.2) is 19.9 Å². The summed E-state index contributed by atoms with van der Waals surface area (Å²) in [6.45, 7) is 0.142. The molecule has 0 spiro atoms. The number of carbonyl (C=O) groups excluding carboxylic acids is 1. The van der Waals surface area contributed by atoms with E-state index in [9.17, 15) is 18.0 Å². The zero-order valence-electron chi connectivity index (χ0n) is 9.17. The summed E-state index contributed by atoms with van der Waals surface area (Å²) in [7, 11) is 1.50. The Kier molecular flexibility index (Phi) is 4.37. The van der Waals surface area contributed by atoms with E-state index in [1.807, 2.05) is 0 Å². The lowest BCUT2D eigenvalue weighted by atomic mass is 10.2. The summed E-state index contributed by atoms with van der Waals surface area (Å²) in [6.07, 6.45) is -3.50. The van der Waals surface area contributed by atoms with Gasteiger partial charge >= 0.3 is 6.18 Å². The second-order valence-corrected chi connectivity index (χ2v) is 3.26. The van der Waals surface area contributed by atoms with Crippen molar-refractivity contribution in [1.82, 2.24) is 0 Å². The third-order valence-corrected chi connectivity index (χ3v) is 2.07. The smallest absolute Gasteiger partial charge is 0.416 e. The van der Waals surface area contributed by atoms with Crippen LogP contribution in [-0.2, 0) is 11.0 Å². The van der Waals surface area contributed by atoms with E-state index in [4.69, 9.17) is 4.74 Å². The van der Waals surface area contributed by atoms with Crippen LogP contribution in [0, 0.1) is 0 Å². The highest BCUT2D eigenvalue weighted by molar-refractivity contribution is 5.58. The van der Waals surface area contributed by atoms with Gasteiger partial charge in [-0.2, -0.15) is 13.2 Å². The van der Waals surface area contributed by atoms with Crippen LogP contribution in [0.3, 0.4) is 0 Å². The molecule has 0 saturated carbocycles. The molecular formula is C11H12F3NO2. The molecule has 0 saturated heterocycles. The molecular weight excluding hydrogens is 235 g/mol. The number of rotatable bonds is 5. The van der Waals surface area contributed by atoms with Crippen molar-refractivity contribution in [1.29, 1.82) is 0 Å². The van der Waals surface area contributed by atoms with E-state index in [1.54, 1.807) is 0 Å². The lowest BCUT2D eigenvalue weighted by Gasteiger charge is -2.13. The fourth-order valence-corrected chi connectivity index (χ4v) is 1.24. The van der Waals surface area contributed by atoms with Crippen molar-refractivity contribution in [3.63, 3.8) is 0 Å². The largest absolute Gasteiger partial charge is 0.491 e. The Labute approximate surface area is 96.6 Å². The molecule has 1 rings (SSSR count). The van der Waals surface area contributed by atoms with Crippen LogP contribution < -0.4 is 10.1 Å². The van der Waals surface area contributed by atoms with Crippen molar-refractivity contribution in [2.75, 3.05) is 19.0 Å². The molecule has 0 radical (unpaired) electrons. The van der Waals surface area contributed by atoms with Gasteiger partial charge in [0, 0.05) is 13.5 Å². The lowest BCUT2D eigenvalue weighted by molar-refractivity contribution is -0.137. The van der Waals surface area contributed by atoms with Gasteiger partial charge in [0.25, 0.3) is 0 Å². The highest BCUT2D eigenvalue weighted by Gasteiger charge is 2.31. The highest BCUT2D eigenvalue weighted by Crippen LogP contribution is 2.34. The molecule has 3 nitrogen and oxygen atoms in total. The van der Waals surface area contributed by atoms with Crippen LogP contribution in [0.2, 0.25) is 0 Å². The number of hydrogen-bond acceptors (Lipinski definition) is 3. The Hall–Kier alpha value is -1.72.